The number of hydrogen-bond acceptors (Lipinski definition) is 4. The third-order valence-electron chi connectivity index (χ3n) is 4.54. The van der Waals surface area contributed by atoms with Crippen molar-refractivity contribution < 1.29 is 23.0 Å². The van der Waals surface area contributed by atoms with Crippen molar-refractivity contribution in [3.63, 3.8) is 0 Å². The maximum Gasteiger partial charge on any atom is 0.387 e. The SMILES string of the molecule is CNC(=O)N1N=C(c2ccc(Br)cc2)c2cc(OC)c(OC(F)F)cc2CC1C. The van der Waals surface area contributed by atoms with Crippen LogP contribution in [0, 0.1) is 0 Å². The van der Waals surface area contributed by atoms with Crippen LogP contribution in [0.5, 0.6) is 11.5 Å². The number of rotatable bonds is 4. The van der Waals surface area contributed by atoms with Crippen LogP contribution in [0.25, 0.3) is 0 Å². The Morgan fingerprint density at radius 3 is 2.55 bits per heavy atom. The highest BCUT2D eigenvalue weighted by molar-refractivity contribution is 9.10. The van der Waals surface area contributed by atoms with E-state index in [9.17, 15) is 13.6 Å². The van der Waals surface area contributed by atoms with Gasteiger partial charge in [0.1, 0.15) is 0 Å². The number of benzene rings is 2. The molecule has 3 rings (SSSR count). The predicted octanol–water partition coefficient (Wildman–Crippen LogP) is 4.40. The van der Waals surface area contributed by atoms with Crippen molar-refractivity contribution in [2.75, 3.05) is 14.2 Å². The lowest BCUT2D eigenvalue weighted by Crippen LogP contribution is -2.41. The molecule has 0 saturated carbocycles. The highest BCUT2D eigenvalue weighted by atomic mass is 79.9. The molecule has 29 heavy (non-hydrogen) atoms. The Bertz CT molecular complexity index is 935. The molecule has 0 aliphatic carbocycles. The van der Waals surface area contributed by atoms with Gasteiger partial charge >= 0.3 is 12.6 Å². The molecule has 1 atom stereocenters. The predicted molar refractivity (Wildman–Crippen MR) is 109 cm³/mol. The lowest BCUT2D eigenvalue weighted by atomic mass is 9.94. The molecule has 2 aromatic carbocycles. The molecule has 0 radical (unpaired) electrons. The number of halogens is 3. The summed E-state index contributed by atoms with van der Waals surface area (Å²) in [6.45, 7) is -1.14. The third-order valence-corrected chi connectivity index (χ3v) is 5.07. The summed E-state index contributed by atoms with van der Waals surface area (Å²) in [4.78, 5) is 12.4. The van der Waals surface area contributed by atoms with E-state index in [0.717, 1.165) is 15.6 Å². The number of carbonyl (C=O) groups excluding carboxylic acids is 1. The molecule has 1 aliphatic rings. The van der Waals surface area contributed by atoms with Crippen LogP contribution in [0.3, 0.4) is 0 Å². The first kappa shape index (κ1) is 21.0. The summed E-state index contributed by atoms with van der Waals surface area (Å²) in [7, 11) is 2.91. The fraction of sp³-hybridized carbons (Fsp3) is 0.300. The number of alkyl halides is 2. The number of hydrogen-bond donors (Lipinski definition) is 1. The molecular weight excluding hydrogens is 448 g/mol. The van der Waals surface area contributed by atoms with Gasteiger partial charge in [-0.05, 0) is 43.2 Å². The first-order valence-electron chi connectivity index (χ1n) is 8.85. The number of nitrogens with zero attached hydrogens (tertiary/aromatic N) is 2. The fourth-order valence-corrected chi connectivity index (χ4v) is 3.45. The van der Waals surface area contributed by atoms with Crippen LogP contribution < -0.4 is 14.8 Å². The van der Waals surface area contributed by atoms with E-state index in [2.05, 4.69) is 31.1 Å². The van der Waals surface area contributed by atoms with E-state index in [1.807, 2.05) is 31.2 Å². The van der Waals surface area contributed by atoms with Crippen LogP contribution in [-0.2, 0) is 6.42 Å². The number of methoxy groups -OCH3 is 1. The molecule has 1 N–H and O–H groups in total. The zero-order valence-electron chi connectivity index (χ0n) is 16.1. The lowest BCUT2D eigenvalue weighted by molar-refractivity contribution is -0.0512. The molecule has 0 saturated heterocycles. The standard InChI is InChI=1S/C20H20BrF2N3O3/c1-11-8-13-9-17(29-19(22)23)16(28-3)10-15(13)18(25-26(11)20(27)24-2)12-4-6-14(21)7-5-12/h4-7,9-11,19H,8H2,1-3H3,(H,24,27). The number of ether oxygens (including phenoxy) is 2. The van der Waals surface area contributed by atoms with Gasteiger partial charge in [-0.1, -0.05) is 28.1 Å². The van der Waals surface area contributed by atoms with Gasteiger partial charge in [0.2, 0.25) is 0 Å². The summed E-state index contributed by atoms with van der Waals surface area (Å²) < 4.78 is 36.5. The highest BCUT2D eigenvalue weighted by Gasteiger charge is 2.28. The number of amides is 2. The average Bonchev–Trinajstić information content (AvgIpc) is 2.82. The van der Waals surface area contributed by atoms with Gasteiger partial charge in [-0.2, -0.15) is 13.9 Å². The summed E-state index contributed by atoms with van der Waals surface area (Å²) in [6, 6.07) is 9.92. The smallest absolute Gasteiger partial charge is 0.387 e. The second kappa shape index (κ2) is 8.77. The lowest BCUT2D eigenvalue weighted by Gasteiger charge is -2.22. The van der Waals surface area contributed by atoms with Gasteiger partial charge in [-0.25, -0.2) is 9.80 Å². The van der Waals surface area contributed by atoms with Gasteiger partial charge in [-0.3, -0.25) is 0 Å². The Hall–Kier alpha value is -2.68. The van der Waals surface area contributed by atoms with Crippen molar-refractivity contribution in [3.05, 3.63) is 57.6 Å². The number of carbonyl (C=O) groups is 1. The number of nitrogens with one attached hydrogen (secondary N) is 1. The maximum absolute atomic E-state index is 12.9. The van der Waals surface area contributed by atoms with Crippen LogP contribution >= 0.6 is 15.9 Å². The van der Waals surface area contributed by atoms with Gasteiger partial charge in [0.05, 0.1) is 18.9 Å². The van der Waals surface area contributed by atoms with Crippen LogP contribution in [0.2, 0.25) is 0 Å². The summed E-state index contributed by atoms with van der Waals surface area (Å²) in [5, 5.41) is 8.56. The van der Waals surface area contributed by atoms with E-state index in [1.165, 1.54) is 25.2 Å². The summed E-state index contributed by atoms with van der Waals surface area (Å²) >= 11 is 3.41. The van der Waals surface area contributed by atoms with Crippen molar-refractivity contribution in [2.45, 2.75) is 26.0 Å². The molecule has 9 heteroatoms. The Morgan fingerprint density at radius 2 is 1.97 bits per heavy atom. The molecule has 0 fully saturated rings. The Balaban J connectivity index is 2.22. The van der Waals surface area contributed by atoms with Gasteiger partial charge in [0.15, 0.2) is 11.5 Å². The van der Waals surface area contributed by atoms with Crippen molar-refractivity contribution in [3.8, 4) is 11.5 Å². The minimum absolute atomic E-state index is 0.0583. The zero-order valence-corrected chi connectivity index (χ0v) is 17.7. The minimum atomic E-state index is -2.98. The molecule has 0 spiro atoms. The molecule has 0 bridgehead atoms. The second-order valence-corrected chi connectivity index (χ2v) is 7.36. The summed E-state index contributed by atoms with van der Waals surface area (Å²) in [5.74, 6) is 0.104. The number of fused-ring (bicyclic) bond motifs is 1. The average molecular weight is 468 g/mol. The Morgan fingerprint density at radius 1 is 1.28 bits per heavy atom. The third kappa shape index (κ3) is 4.50. The Kier molecular flexibility index (Phi) is 6.36. The van der Waals surface area contributed by atoms with Gasteiger partial charge in [0.25, 0.3) is 0 Å². The summed E-state index contributed by atoms with van der Waals surface area (Å²) in [6.07, 6.45) is 0.399. The van der Waals surface area contributed by atoms with E-state index in [-0.39, 0.29) is 23.6 Å². The quantitative estimate of drug-likeness (QED) is 0.724. The minimum Gasteiger partial charge on any atom is -0.493 e. The molecule has 1 unspecified atom stereocenters. The molecular formula is C20H20BrF2N3O3. The molecule has 2 amide bonds. The molecule has 1 aliphatic heterocycles. The fourth-order valence-electron chi connectivity index (χ4n) is 3.18. The van der Waals surface area contributed by atoms with Crippen molar-refractivity contribution in [1.29, 1.82) is 0 Å². The maximum atomic E-state index is 12.9. The zero-order chi connectivity index (χ0) is 21.1. The Labute approximate surface area is 175 Å². The van der Waals surface area contributed by atoms with Gasteiger partial charge in [0, 0.05) is 22.6 Å². The van der Waals surface area contributed by atoms with E-state index in [0.29, 0.717) is 17.7 Å². The molecule has 154 valence electrons. The van der Waals surface area contributed by atoms with Crippen molar-refractivity contribution in [1.82, 2.24) is 10.3 Å². The van der Waals surface area contributed by atoms with Gasteiger partial charge in [-0.15, -0.1) is 0 Å². The van der Waals surface area contributed by atoms with Crippen LogP contribution in [0.1, 0.15) is 23.6 Å². The van der Waals surface area contributed by atoms with Crippen molar-refractivity contribution in [2.24, 2.45) is 5.10 Å². The number of hydrazone groups is 1. The summed E-state index contributed by atoms with van der Waals surface area (Å²) in [5.41, 5.74) is 2.70. The molecule has 0 aromatic heterocycles. The molecule has 6 nitrogen and oxygen atoms in total. The molecule has 2 aromatic rings. The van der Waals surface area contributed by atoms with Crippen LogP contribution in [0.15, 0.2) is 46.0 Å². The van der Waals surface area contributed by atoms with Crippen LogP contribution in [0.4, 0.5) is 13.6 Å². The number of urea groups is 1. The van der Waals surface area contributed by atoms with Gasteiger partial charge < -0.3 is 14.8 Å². The second-order valence-electron chi connectivity index (χ2n) is 6.45. The highest BCUT2D eigenvalue weighted by Crippen LogP contribution is 2.35. The normalized spacial score (nSPS) is 16.0. The van der Waals surface area contributed by atoms with E-state index in [1.54, 1.807) is 6.07 Å². The van der Waals surface area contributed by atoms with E-state index < -0.39 is 6.61 Å². The van der Waals surface area contributed by atoms with E-state index >= 15 is 0 Å². The largest absolute Gasteiger partial charge is 0.493 e. The first-order chi connectivity index (χ1) is 13.8. The van der Waals surface area contributed by atoms with Crippen molar-refractivity contribution >= 4 is 27.7 Å². The molecule has 1 heterocycles. The topological polar surface area (TPSA) is 63.2 Å². The van der Waals surface area contributed by atoms with E-state index in [4.69, 9.17) is 4.74 Å². The monoisotopic (exact) mass is 467 g/mol. The first-order valence-corrected chi connectivity index (χ1v) is 9.65. The van der Waals surface area contributed by atoms with Crippen LogP contribution in [-0.4, -0.2) is 43.6 Å².